The number of rotatable bonds is 4. The number of aryl methyl sites for hydroxylation is 1. The Labute approximate surface area is 105 Å². The number of carbonyl (C=O) groups excluding carboxylic acids is 1. The Bertz CT molecular complexity index is 561. The minimum absolute atomic E-state index is 0.0250. The number of Topliss-reactive ketones (excluding diaryl/α,β-unsaturated/α-hetero) is 1. The highest BCUT2D eigenvalue weighted by Crippen LogP contribution is 2.19. The summed E-state index contributed by atoms with van der Waals surface area (Å²) in [6.07, 6.45) is 3.61. The number of hydrogen-bond donors (Lipinski definition) is 0. The largest absolute Gasteiger partial charge is 0.339 e. The Morgan fingerprint density at radius 2 is 2.22 bits per heavy atom. The van der Waals surface area contributed by atoms with Gasteiger partial charge in [-0.1, -0.05) is 19.0 Å². The zero-order valence-corrected chi connectivity index (χ0v) is 10.7. The van der Waals surface area contributed by atoms with E-state index in [9.17, 15) is 4.79 Å². The SMILES string of the molecule is Cc1cnccc1-c1noc(CC(=O)C(C)C)n1. The maximum absolute atomic E-state index is 11.6. The molecule has 0 bridgehead atoms. The number of carbonyl (C=O) groups is 1. The van der Waals surface area contributed by atoms with E-state index in [0.717, 1.165) is 11.1 Å². The highest BCUT2D eigenvalue weighted by atomic mass is 16.5. The van der Waals surface area contributed by atoms with Gasteiger partial charge in [0.2, 0.25) is 11.7 Å². The first-order valence-corrected chi connectivity index (χ1v) is 5.84. The van der Waals surface area contributed by atoms with Crippen LogP contribution in [0.15, 0.2) is 23.0 Å². The van der Waals surface area contributed by atoms with E-state index in [4.69, 9.17) is 4.52 Å². The van der Waals surface area contributed by atoms with Gasteiger partial charge in [-0.05, 0) is 18.6 Å². The van der Waals surface area contributed by atoms with E-state index in [0.29, 0.717) is 11.7 Å². The molecule has 5 heteroatoms. The van der Waals surface area contributed by atoms with Crippen molar-refractivity contribution in [1.29, 1.82) is 0 Å². The molecule has 94 valence electrons. The second-order valence-corrected chi connectivity index (χ2v) is 4.50. The summed E-state index contributed by atoms with van der Waals surface area (Å²) < 4.78 is 5.09. The minimum atomic E-state index is -0.0250. The number of hydrogen-bond acceptors (Lipinski definition) is 5. The molecular formula is C13H15N3O2. The lowest BCUT2D eigenvalue weighted by molar-refractivity contribution is -0.121. The summed E-state index contributed by atoms with van der Waals surface area (Å²) >= 11 is 0. The quantitative estimate of drug-likeness (QED) is 0.826. The van der Waals surface area contributed by atoms with Crippen LogP contribution in [0.2, 0.25) is 0 Å². The molecule has 0 spiro atoms. The fourth-order valence-electron chi connectivity index (χ4n) is 1.51. The lowest BCUT2D eigenvalue weighted by Gasteiger charge is -1.99. The molecule has 2 heterocycles. The van der Waals surface area contributed by atoms with E-state index in [-0.39, 0.29) is 18.1 Å². The molecule has 0 saturated heterocycles. The molecule has 2 rings (SSSR count). The summed E-state index contributed by atoms with van der Waals surface area (Å²) in [5, 5.41) is 3.89. The Balaban J connectivity index is 2.21. The van der Waals surface area contributed by atoms with E-state index < -0.39 is 0 Å². The molecule has 0 aliphatic carbocycles. The molecule has 0 fully saturated rings. The molecule has 0 radical (unpaired) electrons. The summed E-state index contributed by atoms with van der Waals surface area (Å²) in [5.74, 6) is 0.932. The van der Waals surface area contributed by atoms with Gasteiger partial charge in [0.05, 0.1) is 6.42 Å². The molecule has 0 aliphatic heterocycles. The molecule has 2 aromatic rings. The van der Waals surface area contributed by atoms with Gasteiger partial charge in [0.15, 0.2) is 0 Å². The number of ketones is 1. The lowest BCUT2D eigenvalue weighted by atomic mass is 10.1. The lowest BCUT2D eigenvalue weighted by Crippen LogP contribution is -2.10. The van der Waals surface area contributed by atoms with Gasteiger partial charge in [-0.15, -0.1) is 0 Å². The van der Waals surface area contributed by atoms with Crippen molar-refractivity contribution >= 4 is 5.78 Å². The van der Waals surface area contributed by atoms with Crippen LogP contribution in [0.3, 0.4) is 0 Å². The zero-order chi connectivity index (χ0) is 13.1. The average Bonchev–Trinajstić information content (AvgIpc) is 2.77. The molecule has 0 aliphatic rings. The van der Waals surface area contributed by atoms with Crippen molar-refractivity contribution in [3.05, 3.63) is 29.9 Å². The van der Waals surface area contributed by atoms with E-state index >= 15 is 0 Å². The first kappa shape index (κ1) is 12.4. The van der Waals surface area contributed by atoms with Gasteiger partial charge in [0.1, 0.15) is 5.78 Å². The number of aromatic nitrogens is 3. The monoisotopic (exact) mass is 245 g/mol. The predicted molar refractivity (Wildman–Crippen MR) is 65.8 cm³/mol. The van der Waals surface area contributed by atoms with Crippen molar-refractivity contribution in [2.45, 2.75) is 27.2 Å². The third-order valence-electron chi connectivity index (χ3n) is 2.70. The van der Waals surface area contributed by atoms with Gasteiger partial charge in [-0.3, -0.25) is 9.78 Å². The van der Waals surface area contributed by atoms with Crippen LogP contribution >= 0.6 is 0 Å². The standard InChI is InChI=1S/C13H15N3O2/c1-8(2)11(17)6-12-15-13(16-18-12)10-4-5-14-7-9(10)3/h4-5,7-8H,6H2,1-3H3. The number of nitrogens with zero attached hydrogens (tertiary/aromatic N) is 3. The van der Waals surface area contributed by atoms with Crippen molar-refractivity contribution < 1.29 is 9.32 Å². The summed E-state index contributed by atoms with van der Waals surface area (Å²) in [6.45, 7) is 5.64. The van der Waals surface area contributed by atoms with Gasteiger partial charge in [0, 0.05) is 23.9 Å². The first-order chi connectivity index (χ1) is 8.58. The van der Waals surface area contributed by atoms with Gasteiger partial charge in [-0.25, -0.2) is 0 Å². The van der Waals surface area contributed by atoms with Crippen molar-refractivity contribution in [3.63, 3.8) is 0 Å². The summed E-state index contributed by atoms with van der Waals surface area (Å²) in [7, 11) is 0. The Morgan fingerprint density at radius 1 is 1.44 bits per heavy atom. The normalized spacial score (nSPS) is 10.9. The third kappa shape index (κ3) is 2.61. The predicted octanol–water partition coefficient (Wildman–Crippen LogP) is 2.21. The fraction of sp³-hybridized carbons (Fsp3) is 0.385. The Morgan fingerprint density at radius 3 is 2.89 bits per heavy atom. The highest BCUT2D eigenvalue weighted by molar-refractivity contribution is 5.81. The second kappa shape index (κ2) is 5.08. The Hall–Kier alpha value is -2.04. The van der Waals surface area contributed by atoms with Crippen LogP contribution < -0.4 is 0 Å². The molecule has 0 amide bonds. The molecule has 0 atom stereocenters. The molecular weight excluding hydrogens is 230 g/mol. The Kier molecular flexibility index (Phi) is 3.50. The molecule has 18 heavy (non-hydrogen) atoms. The summed E-state index contributed by atoms with van der Waals surface area (Å²) in [5.41, 5.74) is 1.84. The molecule has 0 N–H and O–H groups in total. The molecule has 5 nitrogen and oxygen atoms in total. The van der Waals surface area contributed by atoms with Crippen LogP contribution in [0.5, 0.6) is 0 Å². The topological polar surface area (TPSA) is 68.9 Å². The third-order valence-corrected chi connectivity index (χ3v) is 2.70. The summed E-state index contributed by atoms with van der Waals surface area (Å²) in [6, 6.07) is 1.83. The van der Waals surface area contributed by atoms with E-state index in [1.165, 1.54) is 0 Å². The zero-order valence-electron chi connectivity index (χ0n) is 10.7. The van der Waals surface area contributed by atoms with Crippen molar-refractivity contribution in [3.8, 4) is 11.4 Å². The van der Waals surface area contributed by atoms with Crippen molar-refractivity contribution in [1.82, 2.24) is 15.1 Å². The van der Waals surface area contributed by atoms with Crippen molar-refractivity contribution in [2.24, 2.45) is 5.92 Å². The van der Waals surface area contributed by atoms with Crippen LogP contribution in [0.1, 0.15) is 25.3 Å². The van der Waals surface area contributed by atoms with E-state index in [1.807, 2.05) is 26.8 Å². The molecule has 2 aromatic heterocycles. The summed E-state index contributed by atoms with van der Waals surface area (Å²) in [4.78, 5) is 19.8. The minimum Gasteiger partial charge on any atom is -0.339 e. The van der Waals surface area contributed by atoms with Crippen LogP contribution in [-0.4, -0.2) is 20.9 Å². The smallest absolute Gasteiger partial charge is 0.234 e. The van der Waals surface area contributed by atoms with Crippen LogP contribution in [0.4, 0.5) is 0 Å². The van der Waals surface area contributed by atoms with Gasteiger partial charge in [-0.2, -0.15) is 4.98 Å². The van der Waals surface area contributed by atoms with E-state index in [2.05, 4.69) is 15.1 Å². The van der Waals surface area contributed by atoms with Crippen LogP contribution in [0, 0.1) is 12.8 Å². The number of pyridine rings is 1. The molecule has 0 unspecified atom stereocenters. The van der Waals surface area contributed by atoms with Gasteiger partial charge in [0.25, 0.3) is 0 Å². The average molecular weight is 245 g/mol. The fourth-order valence-corrected chi connectivity index (χ4v) is 1.51. The molecule has 0 aromatic carbocycles. The highest BCUT2D eigenvalue weighted by Gasteiger charge is 2.15. The van der Waals surface area contributed by atoms with Gasteiger partial charge >= 0.3 is 0 Å². The van der Waals surface area contributed by atoms with E-state index in [1.54, 1.807) is 12.4 Å². The van der Waals surface area contributed by atoms with Crippen LogP contribution in [0.25, 0.3) is 11.4 Å². The van der Waals surface area contributed by atoms with Crippen molar-refractivity contribution in [2.75, 3.05) is 0 Å². The maximum Gasteiger partial charge on any atom is 0.234 e. The van der Waals surface area contributed by atoms with Crippen LogP contribution in [-0.2, 0) is 11.2 Å². The first-order valence-electron chi connectivity index (χ1n) is 5.84. The maximum atomic E-state index is 11.6. The molecule has 0 saturated carbocycles. The van der Waals surface area contributed by atoms with Gasteiger partial charge < -0.3 is 4.52 Å². The second-order valence-electron chi connectivity index (χ2n) is 4.50.